The molecule has 3 N–H and O–H groups in total. The molecule has 7 nitrogen and oxygen atoms in total. The molecule has 110 valence electrons. The summed E-state index contributed by atoms with van der Waals surface area (Å²) in [7, 11) is -1.77. The van der Waals surface area contributed by atoms with Crippen LogP contribution in [0.25, 0.3) is 0 Å². The number of aliphatic imine (C=N–C) groups is 1. The molecule has 0 saturated carbocycles. The first-order valence-electron chi connectivity index (χ1n) is 6.33. The molecule has 1 aromatic rings. The van der Waals surface area contributed by atoms with Gasteiger partial charge in [-0.25, -0.2) is 14.3 Å². The number of nitrogens with two attached hydrogens (primary N) is 1. The summed E-state index contributed by atoms with van der Waals surface area (Å²) in [5.41, 5.74) is 2.51. The molecule has 1 saturated heterocycles. The minimum Gasteiger partial charge on any atom is -0.339 e. The van der Waals surface area contributed by atoms with Gasteiger partial charge < -0.3 is 4.90 Å². The SMILES string of the molecule is CN=C(NN)N1CCN(S(=O)(=O)c2ccccc2)CC1. The molecule has 0 amide bonds. The van der Waals surface area contributed by atoms with E-state index in [1.807, 2.05) is 4.90 Å². The molecular formula is C12H19N5O2S. The lowest BCUT2D eigenvalue weighted by Crippen LogP contribution is -2.54. The van der Waals surface area contributed by atoms with Crippen LogP contribution >= 0.6 is 0 Å². The quantitative estimate of drug-likeness (QED) is 0.330. The number of piperazine rings is 1. The second-order valence-corrected chi connectivity index (χ2v) is 6.33. The Bertz CT molecular complexity index is 565. The molecule has 0 unspecified atom stereocenters. The molecule has 0 atom stereocenters. The Morgan fingerprint density at radius 3 is 2.30 bits per heavy atom. The number of benzene rings is 1. The highest BCUT2D eigenvalue weighted by Crippen LogP contribution is 2.17. The molecule has 8 heteroatoms. The molecule has 0 bridgehead atoms. The van der Waals surface area contributed by atoms with E-state index in [1.54, 1.807) is 37.4 Å². The van der Waals surface area contributed by atoms with Gasteiger partial charge in [0.15, 0.2) is 0 Å². The highest BCUT2D eigenvalue weighted by molar-refractivity contribution is 7.89. The summed E-state index contributed by atoms with van der Waals surface area (Å²) < 4.78 is 26.4. The number of nitrogens with zero attached hydrogens (tertiary/aromatic N) is 3. The smallest absolute Gasteiger partial charge is 0.243 e. The van der Waals surface area contributed by atoms with Crippen LogP contribution in [0.3, 0.4) is 0 Å². The van der Waals surface area contributed by atoms with E-state index in [-0.39, 0.29) is 0 Å². The first-order chi connectivity index (χ1) is 9.59. The highest BCUT2D eigenvalue weighted by Gasteiger charge is 2.29. The van der Waals surface area contributed by atoms with E-state index in [0.29, 0.717) is 37.0 Å². The molecule has 0 spiro atoms. The number of hydrazine groups is 1. The third kappa shape index (κ3) is 2.92. The molecule has 0 aliphatic carbocycles. The van der Waals surface area contributed by atoms with E-state index in [4.69, 9.17) is 5.84 Å². The highest BCUT2D eigenvalue weighted by atomic mass is 32.2. The van der Waals surface area contributed by atoms with Crippen molar-refractivity contribution in [3.63, 3.8) is 0 Å². The fourth-order valence-electron chi connectivity index (χ4n) is 2.18. The van der Waals surface area contributed by atoms with Gasteiger partial charge in [0.1, 0.15) is 0 Å². The monoisotopic (exact) mass is 297 g/mol. The number of hydrogen-bond acceptors (Lipinski definition) is 4. The molecule has 1 aromatic carbocycles. The average molecular weight is 297 g/mol. The standard InChI is InChI=1S/C12H19N5O2S/c1-14-12(15-13)16-7-9-17(10-8-16)20(18,19)11-5-3-2-4-6-11/h2-6H,7-10,13H2,1H3,(H,14,15). The summed E-state index contributed by atoms with van der Waals surface area (Å²) in [4.78, 5) is 6.27. The van der Waals surface area contributed by atoms with Gasteiger partial charge in [-0.1, -0.05) is 18.2 Å². The minimum atomic E-state index is -3.41. The van der Waals surface area contributed by atoms with E-state index in [2.05, 4.69) is 10.4 Å². The molecule has 1 heterocycles. The summed E-state index contributed by atoms with van der Waals surface area (Å²) in [5.74, 6) is 5.94. The number of guanidine groups is 1. The van der Waals surface area contributed by atoms with Gasteiger partial charge in [-0.05, 0) is 12.1 Å². The van der Waals surface area contributed by atoms with Crippen molar-refractivity contribution in [2.75, 3.05) is 33.2 Å². The normalized spacial score (nSPS) is 18.1. The van der Waals surface area contributed by atoms with Crippen LogP contribution in [0.2, 0.25) is 0 Å². The van der Waals surface area contributed by atoms with Gasteiger partial charge in [0, 0.05) is 33.2 Å². The van der Waals surface area contributed by atoms with E-state index in [1.165, 1.54) is 4.31 Å². The summed E-state index contributed by atoms with van der Waals surface area (Å²) in [6.07, 6.45) is 0. The number of nitrogens with one attached hydrogen (secondary N) is 1. The Hall–Kier alpha value is -1.64. The van der Waals surface area contributed by atoms with E-state index < -0.39 is 10.0 Å². The van der Waals surface area contributed by atoms with E-state index in [9.17, 15) is 8.42 Å². The first kappa shape index (κ1) is 14.8. The predicted molar refractivity (Wildman–Crippen MR) is 77.5 cm³/mol. The van der Waals surface area contributed by atoms with Gasteiger partial charge in [-0.15, -0.1) is 0 Å². The fourth-order valence-corrected chi connectivity index (χ4v) is 3.62. The van der Waals surface area contributed by atoms with Crippen LogP contribution in [0.4, 0.5) is 0 Å². The lowest BCUT2D eigenvalue weighted by molar-refractivity contribution is 0.260. The lowest BCUT2D eigenvalue weighted by atomic mass is 10.4. The van der Waals surface area contributed by atoms with Crippen molar-refractivity contribution in [2.24, 2.45) is 10.8 Å². The van der Waals surface area contributed by atoms with E-state index >= 15 is 0 Å². The Kier molecular flexibility index (Phi) is 4.58. The molecule has 1 aliphatic rings. The Morgan fingerprint density at radius 2 is 1.80 bits per heavy atom. The van der Waals surface area contributed by atoms with Crippen LogP contribution in [0, 0.1) is 0 Å². The minimum absolute atomic E-state index is 0.329. The molecule has 20 heavy (non-hydrogen) atoms. The number of hydrogen-bond donors (Lipinski definition) is 2. The zero-order valence-corrected chi connectivity index (χ0v) is 12.2. The Labute approximate surface area is 119 Å². The second kappa shape index (κ2) is 6.21. The maximum atomic E-state index is 12.4. The van der Waals surface area contributed by atoms with Gasteiger partial charge in [0.2, 0.25) is 16.0 Å². The van der Waals surface area contributed by atoms with Crippen molar-refractivity contribution < 1.29 is 8.42 Å². The van der Waals surface area contributed by atoms with Gasteiger partial charge in [0.25, 0.3) is 0 Å². The van der Waals surface area contributed by atoms with Gasteiger partial charge in [0.05, 0.1) is 4.90 Å². The number of sulfonamides is 1. The summed E-state index contributed by atoms with van der Waals surface area (Å²) in [6.45, 7) is 1.95. The zero-order chi connectivity index (χ0) is 14.6. The van der Waals surface area contributed by atoms with E-state index in [0.717, 1.165) is 0 Å². The molecule has 1 aliphatic heterocycles. The maximum absolute atomic E-state index is 12.4. The van der Waals surface area contributed by atoms with Crippen molar-refractivity contribution >= 4 is 16.0 Å². The molecule has 2 rings (SSSR count). The van der Waals surface area contributed by atoms with Crippen LogP contribution in [-0.4, -0.2) is 56.8 Å². The molecule has 1 fully saturated rings. The van der Waals surface area contributed by atoms with Crippen molar-refractivity contribution in [1.29, 1.82) is 0 Å². The van der Waals surface area contributed by atoms with Crippen LogP contribution < -0.4 is 11.3 Å². The van der Waals surface area contributed by atoms with Crippen molar-refractivity contribution in [3.05, 3.63) is 30.3 Å². The van der Waals surface area contributed by atoms with Gasteiger partial charge in [-0.2, -0.15) is 4.31 Å². The van der Waals surface area contributed by atoms with Crippen LogP contribution in [-0.2, 0) is 10.0 Å². The number of rotatable bonds is 2. The topological polar surface area (TPSA) is 91.0 Å². The predicted octanol–water partition coefficient (Wildman–Crippen LogP) is -0.558. The summed E-state index contributed by atoms with van der Waals surface area (Å²) in [5, 5.41) is 0. The Morgan fingerprint density at radius 1 is 1.20 bits per heavy atom. The van der Waals surface area contributed by atoms with Crippen molar-refractivity contribution in [2.45, 2.75) is 4.90 Å². The molecular weight excluding hydrogens is 278 g/mol. The third-order valence-corrected chi connectivity index (χ3v) is 5.17. The molecule has 0 radical (unpaired) electrons. The van der Waals surface area contributed by atoms with Gasteiger partial charge >= 0.3 is 0 Å². The average Bonchev–Trinajstić information content (AvgIpc) is 2.50. The van der Waals surface area contributed by atoms with Crippen molar-refractivity contribution in [1.82, 2.24) is 14.6 Å². The summed E-state index contributed by atoms with van der Waals surface area (Å²) in [6, 6.07) is 8.48. The second-order valence-electron chi connectivity index (χ2n) is 4.40. The van der Waals surface area contributed by atoms with Crippen molar-refractivity contribution in [3.8, 4) is 0 Å². The van der Waals surface area contributed by atoms with Crippen LogP contribution in [0.5, 0.6) is 0 Å². The summed E-state index contributed by atoms with van der Waals surface area (Å²) >= 11 is 0. The first-order valence-corrected chi connectivity index (χ1v) is 7.77. The maximum Gasteiger partial charge on any atom is 0.243 e. The Balaban J connectivity index is 2.08. The van der Waals surface area contributed by atoms with Crippen LogP contribution in [0.15, 0.2) is 40.2 Å². The largest absolute Gasteiger partial charge is 0.339 e. The van der Waals surface area contributed by atoms with Crippen LogP contribution in [0.1, 0.15) is 0 Å². The lowest BCUT2D eigenvalue weighted by Gasteiger charge is -2.35. The zero-order valence-electron chi connectivity index (χ0n) is 11.4. The molecule has 0 aromatic heterocycles. The van der Waals surface area contributed by atoms with Gasteiger partial charge in [-0.3, -0.25) is 10.4 Å². The third-order valence-electron chi connectivity index (χ3n) is 3.26. The fraction of sp³-hybridized carbons (Fsp3) is 0.417.